The Morgan fingerprint density at radius 1 is 1.20 bits per heavy atom. The summed E-state index contributed by atoms with van der Waals surface area (Å²) in [6, 6.07) is 16.7. The summed E-state index contributed by atoms with van der Waals surface area (Å²) >= 11 is 1.16. The number of likely N-dealkylation sites (tertiary alicyclic amines) is 1. The van der Waals surface area contributed by atoms with Crippen molar-refractivity contribution in [3.63, 3.8) is 0 Å². The van der Waals surface area contributed by atoms with Crippen LogP contribution in [0.4, 0.5) is 5.69 Å². The Hall–Kier alpha value is -2.45. The van der Waals surface area contributed by atoms with E-state index in [2.05, 4.69) is 41.0 Å². The van der Waals surface area contributed by atoms with Crippen LogP contribution in [0.15, 0.2) is 53.4 Å². The molecule has 2 unspecified atom stereocenters. The SMILES string of the molecule is N#CSc1ccc2c(c1)C(N1CCCC1=O)CC(c1ccccc1)N2. The van der Waals surface area contributed by atoms with E-state index >= 15 is 0 Å². The number of nitrogens with one attached hydrogen (secondary N) is 1. The van der Waals surface area contributed by atoms with Crippen molar-refractivity contribution in [2.45, 2.75) is 36.2 Å². The Bertz CT molecular complexity index is 831. The van der Waals surface area contributed by atoms with Gasteiger partial charge in [0.2, 0.25) is 5.91 Å². The van der Waals surface area contributed by atoms with Crippen molar-refractivity contribution in [2.75, 3.05) is 11.9 Å². The van der Waals surface area contributed by atoms with Gasteiger partial charge in [0.1, 0.15) is 5.40 Å². The Morgan fingerprint density at radius 2 is 2.04 bits per heavy atom. The molecule has 2 atom stereocenters. The van der Waals surface area contributed by atoms with E-state index in [0.29, 0.717) is 6.42 Å². The van der Waals surface area contributed by atoms with E-state index in [4.69, 9.17) is 5.26 Å². The average molecular weight is 349 g/mol. The summed E-state index contributed by atoms with van der Waals surface area (Å²) in [6.07, 6.45) is 2.42. The monoisotopic (exact) mass is 349 g/mol. The highest BCUT2D eigenvalue weighted by Crippen LogP contribution is 2.44. The summed E-state index contributed by atoms with van der Waals surface area (Å²) in [5.74, 6) is 0.239. The molecule has 0 aliphatic carbocycles. The minimum Gasteiger partial charge on any atom is -0.378 e. The second kappa shape index (κ2) is 6.81. The standard InChI is InChI=1S/C20H19N3OS/c21-13-25-15-8-9-17-16(11-15)19(23-10-4-7-20(23)24)12-18(22-17)14-5-2-1-3-6-14/h1-3,5-6,8-9,11,18-19,22H,4,7,10,12H2. The first-order chi connectivity index (χ1) is 12.3. The first-order valence-corrected chi connectivity index (χ1v) is 9.39. The average Bonchev–Trinajstić information content (AvgIpc) is 3.08. The number of fused-ring (bicyclic) bond motifs is 1. The molecule has 2 aromatic rings. The molecule has 4 rings (SSSR count). The molecule has 0 saturated carbocycles. The highest BCUT2D eigenvalue weighted by Gasteiger charge is 2.35. The number of carbonyl (C=O) groups is 1. The highest BCUT2D eigenvalue weighted by molar-refractivity contribution is 8.03. The largest absolute Gasteiger partial charge is 0.378 e. The number of anilines is 1. The van der Waals surface area contributed by atoms with Crippen LogP contribution in [-0.2, 0) is 4.79 Å². The summed E-state index contributed by atoms with van der Waals surface area (Å²) < 4.78 is 0. The minimum absolute atomic E-state index is 0.0655. The Kier molecular flexibility index (Phi) is 4.37. The molecule has 0 aromatic heterocycles. The molecular weight excluding hydrogens is 330 g/mol. The smallest absolute Gasteiger partial charge is 0.223 e. The van der Waals surface area contributed by atoms with Gasteiger partial charge in [0.05, 0.1) is 12.1 Å². The predicted octanol–water partition coefficient (Wildman–Crippen LogP) is 4.48. The third-order valence-corrected chi connectivity index (χ3v) is 5.60. The van der Waals surface area contributed by atoms with Crippen LogP contribution in [0.3, 0.4) is 0 Å². The minimum atomic E-state index is 0.0655. The van der Waals surface area contributed by atoms with Gasteiger partial charge in [-0.3, -0.25) is 4.79 Å². The van der Waals surface area contributed by atoms with E-state index < -0.39 is 0 Å². The van der Waals surface area contributed by atoms with Gasteiger partial charge in [-0.15, -0.1) is 0 Å². The van der Waals surface area contributed by atoms with Crippen molar-refractivity contribution >= 4 is 23.4 Å². The number of amides is 1. The van der Waals surface area contributed by atoms with E-state index in [1.807, 2.05) is 23.1 Å². The highest BCUT2D eigenvalue weighted by atomic mass is 32.2. The summed E-state index contributed by atoms with van der Waals surface area (Å²) in [6.45, 7) is 0.820. The fourth-order valence-corrected chi connectivity index (χ4v) is 4.29. The van der Waals surface area contributed by atoms with Gasteiger partial charge >= 0.3 is 0 Å². The molecule has 126 valence electrons. The predicted molar refractivity (Wildman–Crippen MR) is 99.0 cm³/mol. The molecule has 2 aromatic carbocycles. The second-order valence-corrected chi connectivity index (χ2v) is 7.35. The molecule has 1 saturated heterocycles. The number of carbonyl (C=O) groups excluding carboxylic acids is 1. The molecule has 0 radical (unpaired) electrons. The van der Waals surface area contributed by atoms with Crippen molar-refractivity contribution in [3.05, 3.63) is 59.7 Å². The van der Waals surface area contributed by atoms with E-state index in [0.717, 1.165) is 47.3 Å². The third-order valence-electron chi connectivity index (χ3n) is 5.02. The molecule has 1 N–H and O–H groups in total. The van der Waals surface area contributed by atoms with Crippen LogP contribution in [-0.4, -0.2) is 17.4 Å². The maximum absolute atomic E-state index is 12.4. The molecule has 0 bridgehead atoms. The number of thioether (sulfide) groups is 1. The molecule has 2 heterocycles. The van der Waals surface area contributed by atoms with Gasteiger partial charge in [-0.25, -0.2) is 0 Å². The van der Waals surface area contributed by atoms with Crippen LogP contribution in [0, 0.1) is 10.7 Å². The van der Waals surface area contributed by atoms with Crippen LogP contribution in [0.1, 0.15) is 42.5 Å². The summed E-state index contributed by atoms with van der Waals surface area (Å²) in [7, 11) is 0. The van der Waals surface area contributed by atoms with Gasteiger partial charge in [-0.2, -0.15) is 5.26 Å². The van der Waals surface area contributed by atoms with Gasteiger partial charge < -0.3 is 10.2 Å². The fourth-order valence-electron chi connectivity index (χ4n) is 3.86. The number of benzene rings is 2. The van der Waals surface area contributed by atoms with Crippen molar-refractivity contribution in [1.29, 1.82) is 5.26 Å². The van der Waals surface area contributed by atoms with Crippen LogP contribution in [0.5, 0.6) is 0 Å². The second-order valence-electron chi connectivity index (χ2n) is 6.49. The number of nitrogens with zero attached hydrogens (tertiary/aromatic N) is 2. The molecule has 2 aliphatic heterocycles. The molecular formula is C20H19N3OS. The molecule has 0 spiro atoms. The van der Waals surface area contributed by atoms with Gasteiger partial charge in [0.15, 0.2) is 0 Å². The zero-order valence-corrected chi connectivity index (χ0v) is 14.6. The van der Waals surface area contributed by atoms with Crippen molar-refractivity contribution in [1.82, 2.24) is 4.90 Å². The maximum atomic E-state index is 12.4. The summed E-state index contributed by atoms with van der Waals surface area (Å²) in [5.41, 5.74) is 3.43. The van der Waals surface area contributed by atoms with E-state index in [9.17, 15) is 4.79 Å². The van der Waals surface area contributed by atoms with Gasteiger partial charge in [0.25, 0.3) is 0 Å². The van der Waals surface area contributed by atoms with Crippen LogP contribution in [0.25, 0.3) is 0 Å². The zero-order chi connectivity index (χ0) is 17.2. The first kappa shape index (κ1) is 16.0. The lowest BCUT2D eigenvalue weighted by Crippen LogP contribution is -2.35. The van der Waals surface area contributed by atoms with Crippen LogP contribution >= 0.6 is 11.8 Å². The summed E-state index contributed by atoms with van der Waals surface area (Å²) in [5, 5.41) is 14.7. The van der Waals surface area contributed by atoms with Gasteiger partial charge in [0, 0.05) is 23.5 Å². The van der Waals surface area contributed by atoms with Crippen molar-refractivity contribution < 1.29 is 4.79 Å². The Morgan fingerprint density at radius 3 is 2.76 bits per heavy atom. The van der Waals surface area contributed by atoms with E-state index in [-0.39, 0.29) is 18.0 Å². The third kappa shape index (κ3) is 3.10. The molecule has 5 heteroatoms. The van der Waals surface area contributed by atoms with Gasteiger partial charge in [-0.1, -0.05) is 30.3 Å². The number of hydrogen-bond acceptors (Lipinski definition) is 4. The lowest BCUT2D eigenvalue weighted by Gasteiger charge is -2.38. The summed E-state index contributed by atoms with van der Waals surface area (Å²) in [4.78, 5) is 15.3. The number of rotatable bonds is 3. The van der Waals surface area contributed by atoms with Crippen molar-refractivity contribution in [2.24, 2.45) is 0 Å². The number of hydrogen-bond donors (Lipinski definition) is 1. The van der Waals surface area contributed by atoms with Crippen LogP contribution < -0.4 is 5.32 Å². The Labute approximate surface area is 151 Å². The molecule has 1 fully saturated rings. The van der Waals surface area contributed by atoms with Crippen molar-refractivity contribution in [3.8, 4) is 5.40 Å². The van der Waals surface area contributed by atoms with Crippen LogP contribution in [0.2, 0.25) is 0 Å². The van der Waals surface area contributed by atoms with E-state index in [1.165, 1.54) is 5.56 Å². The lowest BCUT2D eigenvalue weighted by atomic mass is 9.88. The van der Waals surface area contributed by atoms with Gasteiger partial charge in [-0.05, 0) is 53.9 Å². The topological polar surface area (TPSA) is 56.1 Å². The number of thiocyanates is 1. The molecule has 4 nitrogen and oxygen atoms in total. The zero-order valence-electron chi connectivity index (χ0n) is 13.8. The normalized spacial score (nSPS) is 22.2. The first-order valence-electron chi connectivity index (χ1n) is 8.57. The quantitative estimate of drug-likeness (QED) is 0.656. The molecule has 1 amide bonds. The Balaban J connectivity index is 1.74. The fraction of sp³-hybridized carbons (Fsp3) is 0.300. The number of nitriles is 1. The maximum Gasteiger partial charge on any atom is 0.223 e. The molecule has 2 aliphatic rings. The lowest BCUT2D eigenvalue weighted by molar-refractivity contribution is -0.130. The van der Waals surface area contributed by atoms with E-state index in [1.54, 1.807) is 0 Å². The molecule has 25 heavy (non-hydrogen) atoms.